The maximum Gasteiger partial charge on any atom is 0.247 e. The van der Waals surface area contributed by atoms with Gasteiger partial charge in [0.1, 0.15) is 18.1 Å². The summed E-state index contributed by atoms with van der Waals surface area (Å²) in [7, 11) is 2.14. The number of fused-ring (bicyclic) bond motifs is 1. The van der Waals surface area contributed by atoms with Gasteiger partial charge in [0.15, 0.2) is 5.78 Å². The number of likely N-dealkylation sites (N-methyl/N-ethyl adjacent to an activating group) is 1. The van der Waals surface area contributed by atoms with Crippen LogP contribution in [0.25, 0.3) is 0 Å². The minimum atomic E-state index is -0.806. The molecule has 3 aliphatic rings. The van der Waals surface area contributed by atoms with E-state index in [0.29, 0.717) is 12.8 Å². The number of piperazine rings is 2. The second kappa shape index (κ2) is 12.2. The number of benzene rings is 2. The van der Waals surface area contributed by atoms with Crippen molar-refractivity contribution in [1.29, 1.82) is 0 Å². The summed E-state index contributed by atoms with van der Waals surface area (Å²) in [6, 6.07) is 14.3. The van der Waals surface area contributed by atoms with E-state index in [2.05, 4.69) is 60.3 Å². The molecule has 3 atom stereocenters. The lowest BCUT2D eigenvalue weighted by Gasteiger charge is -2.45. The van der Waals surface area contributed by atoms with Crippen LogP contribution < -0.4 is 10.2 Å². The topological polar surface area (TPSA) is 73.0 Å². The molecule has 2 aliphatic heterocycles. The monoisotopic (exact) mass is 572 g/mol. The summed E-state index contributed by atoms with van der Waals surface area (Å²) in [5.41, 5.74) is 4.13. The molecule has 2 fully saturated rings. The molecule has 0 spiro atoms. The van der Waals surface area contributed by atoms with Crippen LogP contribution >= 0.6 is 0 Å². The number of carbonyl (C=O) groups is 3. The molecule has 2 saturated heterocycles. The molecule has 0 unspecified atom stereocenters. The summed E-state index contributed by atoms with van der Waals surface area (Å²) in [5.74, 6) is -0.138. The lowest BCUT2D eigenvalue weighted by atomic mass is 9.83. The molecule has 7 nitrogen and oxygen atoms in total. The number of ketones is 1. The van der Waals surface area contributed by atoms with Gasteiger partial charge < -0.3 is 20.0 Å². The van der Waals surface area contributed by atoms with Gasteiger partial charge in [-0.2, -0.15) is 0 Å². The summed E-state index contributed by atoms with van der Waals surface area (Å²) >= 11 is 0. The van der Waals surface area contributed by atoms with Gasteiger partial charge in [-0.15, -0.1) is 0 Å². The van der Waals surface area contributed by atoms with Crippen molar-refractivity contribution in [2.75, 3.05) is 38.1 Å². The Kier molecular flexibility index (Phi) is 8.79. The third-order valence-corrected chi connectivity index (χ3v) is 9.07. The Bertz CT molecular complexity index is 1270. The normalized spacial score (nSPS) is 22.8. The van der Waals surface area contributed by atoms with E-state index in [9.17, 15) is 14.4 Å². The van der Waals surface area contributed by atoms with Gasteiger partial charge in [-0.05, 0) is 72.4 Å². The van der Waals surface area contributed by atoms with E-state index in [0.717, 1.165) is 50.3 Å². The summed E-state index contributed by atoms with van der Waals surface area (Å²) in [6.45, 7) is 14.2. The Morgan fingerprint density at radius 2 is 1.52 bits per heavy atom. The van der Waals surface area contributed by atoms with Crippen molar-refractivity contribution in [1.82, 2.24) is 15.1 Å². The van der Waals surface area contributed by atoms with Crippen LogP contribution in [0.15, 0.2) is 48.5 Å². The zero-order chi connectivity index (χ0) is 30.2. The number of rotatable bonds is 8. The summed E-state index contributed by atoms with van der Waals surface area (Å²) in [4.78, 5) is 49.0. The lowest BCUT2D eigenvalue weighted by Crippen LogP contribution is -2.66. The van der Waals surface area contributed by atoms with Crippen molar-refractivity contribution in [2.45, 2.75) is 78.4 Å². The van der Waals surface area contributed by atoms with Gasteiger partial charge >= 0.3 is 0 Å². The van der Waals surface area contributed by atoms with Crippen LogP contribution in [0.2, 0.25) is 0 Å². The van der Waals surface area contributed by atoms with Crippen LogP contribution in [0, 0.1) is 17.3 Å². The van der Waals surface area contributed by atoms with Crippen LogP contribution in [0.5, 0.6) is 0 Å². The molecule has 1 N–H and O–H groups in total. The van der Waals surface area contributed by atoms with Crippen molar-refractivity contribution in [3.8, 4) is 0 Å². The zero-order valence-electron chi connectivity index (χ0n) is 26.2. The molecule has 5 rings (SSSR count). The van der Waals surface area contributed by atoms with E-state index < -0.39 is 18.1 Å². The molecular formula is C35H48N4O3. The first-order valence-corrected chi connectivity index (χ1v) is 15.7. The highest BCUT2D eigenvalue weighted by molar-refractivity contribution is 6.00. The zero-order valence-corrected chi connectivity index (χ0v) is 26.2. The van der Waals surface area contributed by atoms with Crippen LogP contribution in [0.4, 0.5) is 5.69 Å². The SMILES string of the molecule is CC(C)C[C@@H]1C(=O)N[C@H](C2Cc3ccccc3C2)C(=O)N1[C@@H](C(=O)CC(C)(C)C)c1ccc(N2CCN(C)CC2)cc1. The third kappa shape index (κ3) is 6.56. The number of hydrogen-bond acceptors (Lipinski definition) is 5. The van der Waals surface area contributed by atoms with Crippen LogP contribution in [-0.2, 0) is 27.2 Å². The first kappa shape index (κ1) is 30.3. The van der Waals surface area contributed by atoms with Gasteiger partial charge in [0.05, 0.1) is 0 Å². The van der Waals surface area contributed by atoms with Gasteiger partial charge in [-0.25, -0.2) is 0 Å². The van der Waals surface area contributed by atoms with Crippen molar-refractivity contribution in [2.24, 2.45) is 17.3 Å². The maximum atomic E-state index is 14.6. The molecule has 0 bridgehead atoms. The highest BCUT2D eigenvalue weighted by Crippen LogP contribution is 2.37. The Hall–Kier alpha value is -3.19. The molecule has 226 valence electrons. The summed E-state index contributed by atoms with van der Waals surface area (Å²) in [6.07, 6.45) is 2.32. The highest BCUT2D eigenvalue weighted by atomic mass is 16.2. The Labute approximate surface area is 251 Å². The number of nitrogens with zero attached hydrogens (tertiary/aromatic N) is 3. The van der Waals surface area contributed by atoms with E-state index in [1.165, 1.54) is 11.1 Å². The van der Waals surface area contributed by atoms with Gasteiger partial charge in [0, 0.05) is 38.3 Å². The molecule has 2 aromatic carbocycles. The van der Waals surface area contributed by atoms with E-state index >= 15 is 0 Å². The fraction of sp³-hybridized carbons (Fsp3) is 0.571. The Morgan fingerprint density at radius 3 is 2.07 bits per heavy atom. The van der Waals surface area contributed by atoms with Gasteiger partial charge in [-0.3, -0.25) is 14.4 Å². The molecule has 1 aliphatic carbocycles. The number of anilines is 1. The summed E-state index contributed by atoms with van der Waals surface area (Å²) in [5, 5.41) is 3.13. The van der Waals surface area contributed by atoms with Crippen molar-refractivity contribution >= 4 is 23.3 Å². The molecular weight excluding hydrogens is 524 g/mol. The number of nitrogens with one attached hydrogen (secondary N) is 1. The summed E-state index contributed by atoms with van der Waals surface area (Å²) < 4.78 is 0. The number of Topliss-reactive ketones (excluding diaryl/α,β-unsaturated/α-hetero) is 1. The molecule has 42 heavy (non-hydrogen) atoms. The maximum absolute atomic E-state index is 14.6. The number of hydrogen-bond donors (Lipinski definition) is 1. The van der Waals surface area contributed by atoms with Gasteiger partial charge in [0.2, 0.25) is 11.8 Å². The molecule has 0 aromatic heterocycles. The van der Waals surface area contributed by atoms with E-state index in [1.807, 2.05) is 45.0 Å². The van der Waals surface area contributed by atoms with Crippen molar-refractivity contribution in [3.05, 3.63) is 65.2 Å². The van der Waals surface area contributed by atoms with Gasteiger partial charge in [0.25, 0.3) is 0 Å². The van der Waals surface area contributed by atoms with Gasteiger partial charge in [-0.1, -0.05) is 71.0 Å². The minimum Gasteiger partial charge on any atom is -0.369 e. The van der Waals surface area contributed by atoms with Crippen molar-refractivity contribution in [3.63, 3.8) is 0 Å². The predicted molar refractivity (Wildman–Crippen MR) is 167 cm³/mol. The predicted octanol–water partition coefficient (Wildman–Crippen LogP) is 4.64. The van der Waals surface area contributed by atoms with E-state index in [-0.39, 0.29) is 34.8 Å². The fourth-order valence-electron chi connectivity index (χ4n) is 6.93. The van der Waals surface area contributed by atoms with E-state index in [4.69, 9.17) is 0 Å². The fourth-order valence-corrected chi connectivity index (χ4v) is 6.93. The first-order chi connectivity index (χ1) is 19.9. The molecule has 2 amide bonds. The third-order valence-electron chi connectivity index (χ3n) is 9.07. The number of amides is 2. The molecule has 2 heterocycles. The second-order valence-corrected chi connectivity index (χ2v) is 14.3. The smallest absolute Gasteiger partial charge is 0.247 e. The van der Waals surface area contributed by atoms with Crippen LogP contribution in [-0.4, -0.2) is 72.7 Å². The lowest BCUT2D eigenvalue weighted by molar-refractivity contribution is -0.157. The Morgan fingerprint density at radius 1 is 0.929 bits per heavy atom. The Balaban J connectivity index is 1.51. The largest absolute Gasteiger partial charge is 0.369 e. The highest BCUT2D eigenvalue weighted by Gasteiger charge is 2.49. The average molecular weight is 573 g/mol. The standard InChI is InChI=1S/C35H48N4O3/c1-23(2)19-29-33(41)36-31(27-20-25-9-7-8-10-26(25)21-27)34(42)39(29)32(30(40)22-35(3,4)5)24-11-13-28(14-12-24)38-17-15-37(6)16-18-38/h7-14,23,27,29,31-32H,15-22H2,1-6H3,(H,36,41)/t29-,31-,32-/m1/s1. The average Bonchev–Trinajstić information content (AvgIpc) is 3.36. The quantitative estimate of drug-likeness (QED) is 0.499. The number of carbonyl (C=O) groups excluding carboxylic acids is 3. The molecule has 0 radical (unpaired) electrons. The van der Waals surface area contributed by atoms with E-state index in [1.54, 1.807) is 4.90 Å². The molecule has 0 saturated carbocycles. The molecule has 7 heteroatoms. The van der Waals surface area contributed by atoms with Crippen LogP contribution in [0.1, 0.15) is 70.2 Å². The first-order valence-electron chi connectivity index (χ1n) is 15.7. The van der Waals surface area contributed by atoms with Crippen molar-refractivity contribution < 1.29 is 14.4 Å². The minimum absolute atomic E-state index is 0.0138. The second-order valence-electron chi connectivity index (χ2n) is 14.3. The van der Waals surface area contributed by atoms with Crippen LogP contribution in [0.3, 0.4) is 0 Å². The molecule has 2 aromatic rings.